The van der Waals surface area contributed by atoms with Gasteiger partial charge >= 0.3 is 0 Å². The Morgan fingerprint density at radius 1 is 0.800 bits per heavy atom. The highest BCUT2D eigenvalue weighted by atomic mass is 16.3. The molecular formula is C18H12O2. The molecule has 0 bridgehead atoms. The van der Waals surface area contributed by atoms with Crippen LogP contribution in [-0.2, 0) is 0 Å². The summed E-state index contributed by atoms with van der Waals surface area (Å²) in [4.78, 5) is 0. The zero-order valence-electron chi connectivity index (χ0n) is 10.7. The first-order valence-corrected chi connectivity index (χ1v) is 6.51. The van der Waals surface area contributed by atoms with Crippen LogP contribution in [0.4, 0.5) is 0 Å². The van der Waals surface area contributed by atoms with Gasteiger partial charge in [-0.25, -0.2) is 0 Å². The quantitative estimate of drug-likeness (QED) is 0.525. The van der Waals surface area contributed by atoms with Gasteiger partial charge in [0.05, 0.1) is 6.26 Å². The van der Waals surface area contributed by atoms with Crippen LogP contribution < -0.4 is 0 Å². The number of benzene rings is 3. The molecule has 0 fully saturated rings. The van der Waals surface area contributed by atoms with Gasteiger partial charge in [-0.15, -0.1) is 0 Å². The number of furan rings is 1. The van der Waals surface area contributed by atoms with E-state index in [2.05, 4.69) is 18.2 Å². The van der Waals surface area contributed by atoms with E-state index in [0.29, 0.717) is 0 Å². The summed E-state index contributed by atoms with van der Waals surface area (Å²) >= 11 is 0. The lowest BCUT2D eigenvalue weighted by atomic mass is 9.98. The molecule has 20 heavy (non-hydrogen) atoms. The topological polar surface area (TPSA) is 33.4 Å². The molecule has 0 saturated carbocycles. The number of hydrogen-bond acceptors (Lipinski definition) is 2. The largest absolute Gasteiger partial charge is 0.508 e. The van der Waals surface area contributed by atoms with Crippen LogP contribution in [0.5, 0.6) is 5.75 Å². The van der Waals surface area contributed by atoms with E-state index >= 15 is 0 Å². The fourth-order valence-corrected chi connectivity index (χ4v) is 2.67. The van der Waals surface area contributed by atoms with Crippen LogP contribution in [0.3, 0.4) is 0 Å². The predicted molar refractivity (Wildman–Crippen MR) is 80.8 cm³/mol. The van der Waals surface area contributed by atoms with E-state index in [9.17, 15) is 5.11 Å². The van der Waals surface area contributed by atoms with Gasteiger partial charge in [-0.1, -0.05) is 36.4 Å². The minimum Gasteiger partial charge on any atom is -0.508 e. The number of phenols is 1. The summed E-state index contributed by atoms with van der Waals surface area (Å²) in [6, 6.07) is 19.6. The van der Waals surface area contributed by atoms with Crippen LogP contribution in [0.25, 0.3) is 32.9 Å². The lowest BCUT2D eigenvalue weighted by Gasteiger charge is -2.06. The van der Waals surface area contributed by atoms with Gasteiger partial charge in [0, 0.05) is 10.9 Å². The Labute approximate surface area is 115 Å². The molecule has 0 atom stereocenters. The third-order valence-electron chi connectivity index (χ3n) is 3.64. The second-order valence-electron chi connectivity index (χ2n) is 4.86. The molecule has 0 radical (unpaired) electrons. The van der Waals surface area contributed by atoms with Crippen molar-refractivity contribution in [2.24, 2.45) is 0 Å². The first kappa shape index (κ1) is 11.1. The predicted octanol–water partition coefficient (Wildman–Crippen LogP) is 4.96. The monoisotopic (exact) mass is 260 g/mol. The second-order valence-corrected chi connectivity index (χ2v) is 4.86. The lowest BCUT2D eigenvalue weighted by molar-refractivity contribution is 0.475. The van der Waals surface area contributed by atoms with Gasteiger partial charge < -0.3 is 9.52 Å². The van der Waals surface area contributed by atoms with Gasteiger partial charge in [0.15, 0.2) is 0 Å². The van der Waals surface area contributed by atoms with Gasteiger partial charge in [-0.3, -0.25) is 0 Å². The zero-order chi connectivity index (χ0) is 13.5. The second kappa shape index (κ2) is 4.14. The molecule has 0 amide bonds. The van der Waals surface area contributed by atoms with E-state index < -0.39 is 0 Å². The number of hydrogen-bond donors (Lipinski definition) is 1. The molecule has 1 heterocycles. The SMILES string of the molecule is Oc1ccc(-c2cc3ccccc3c3ccoc23)cc1. The van der Waals surface area contributed by atoms with Gasteiger partial charge in [-0.2, -0.15) is 0 Å². The van der Waals surface area contributed by atoms with Crippen molar-refractivity contribution in [3.8, 4) is 16.9 Å². The molecule has 1 N–H and O–H groups in total. The maximum atomic E-state index is 9.43. The van der Waals surface area contributed by atoms with Gasteiger partial charge in [0.2, 0.25) is 0 Å². The normalized spacial score (nSPS) is 11.2. The van der Waals surface area contributed by atoms with Crippen molar-refractivity contribution in [2.75, 3.05) is 0 Å². The van der Waals surface area contributed by atoms with Crippen LogP contribution in [0, 0.1) is 0 Å². The fourth-order valence-electron chi connectivity index (χ4n) is 2.67. The van der Waals surface area contributed by atoms with Crippen LogP contribution in [-0.4, -0.2) is 5.11 Å². The third kappa shape index (κ3) is 1.58. The van der Waals surface area contributed by atoms with Gasteiger partial charge in [0.25, 0.3) is 0 Å². The van der Waals surface area contributed by atoms with E-state index in [1.165, 1.54) is 10.8 Å². The molecule has 0 aliphatic carbocycles. The standard InChI is InChI=1S/C18H12O2/c19-14-7-5-12(6-8-14)17-11-13-3-1-2-4-15(13)16-9-10-20-18(16)17/h1-11,19H. The van der Waals surface area contributed by atoms with Crippen molar-refractivity contribution in [1.29, 1.82) is 0 Å². The maximum Gasteiger partial charge on any atom is 0.142 e. The number of fused-ring (bicyclic) bond motifs is 3. The Hall–Kier alpha value is -2.74. The molecule has 2 heteroatoms. The van der Waals surface area contributed by atoms with Crippen molar-refractivity contribution < 1.29 is 9.52 Å². The summed E-state index contributed by atoms with van der Waals surface area (Å²) in [5.41, 5.74) is 2.96. The summed E-state index contributed by atoms with van der Waals surface area (Å²) < 4.78 is 5.68. The fraction of sp³-hybridized carbons (Fsp3) is 0. The number of rotatable bonds is 1. The highest BCUT2D eigenvalue weighted by Crippen LogP contribution is 2.35. The average Bonchev–Trinajstić information content (AvgIpc) is 2.97. The van der Waals surface area contributed by atoms with Crippen molar-refractivity contribution in [2.45, 2.75) is 0 Å². The molecule has 96 valence electrons. The average molecular weight is 260 g/mol. The summed E-state index contributed by atoms with van der Waals surface area (Å²) in [5.74, 6) is 0.269. The molecule has 4 aromatic rings. The molecule has 0 aliphatic heterocycles. The molecule has 4 rings (SSSR count). The summed E-state index contributed by atoms with van der Waals surface area (Å²) in [6.45, 7) is 0. The Kier molecular flexibility index (Phi) is 2.30. The van der Waals surface area contributed by atoms with Crippen molar-refractivity contribution >= 4 is 21.7 Å². The molecule has 1 aromatic heterocycles. The molecule has 2 nitrogen and oxygen atoms in total. The summed E-state index contributed by atoms with van der Waals surface area (Å²) in [6.07, 6.45) is 1.72. The maximum absolute atomic E-state index is 9.43. The highest BCUT2D eigenvalue weighted by Gasteiger charge is 2.10. The first-order chi connectivity index (χ1) is 9.83. The van der Waals surface area contributed by atoms with E-state index in [4.69, 9.17) is 4.42 Å². The summed E-state index contributed by atoms with van der Waals surface area (Å²) in [5, 5.41) is 12.9. The minimum atomic E-state index is 0.269. The molecule has 3 aromatic carbocycles. The molecule has 0 unspecified atom stereocenters. The van der Waals surface area contributed by atoms with Gasteiger partial charge in [-0.05, 0) is 40.6 Å². The summed E-state index contributed by atoms with van der Waals surface area (Å²) in [7, 11) is 0. The van der Waals surface area contributed by atoms with Gasteiger partial charge in [0.1, 0.15) is 11.3 Å². The zero-order valence-corrected chi connectivity index (χ0v) is 10.7. The van der Waals surface area contributed by atoms with Crippen molar-refractivity contribution in [3.05, 3.63) is 66.9 Å². The van der Waals surface area contributed by atoms with Crippen LogP contribution in [0.15, 0.2) is 71.3 Å². The third-order valence-corrected chi connectivity index (χ3v) is 3.64. The molecule has 0 spiro atoms. The minimum absolute atomic E-state index is 0.269. The van der Waals surface area contributed by atoms with Crippen molar-refractivity contribution in [3.63, 3.8) is 0 Å². The molecular weight excluding hydrogens is 248 g/mol. The lowest BCUT2D eigenvalue weighted by Crippen LogP contribution is -1.81. The smallest absolute Gasteiger partial charge is 0.142 e. The Morgan fingerprint density at radius 3 is 2.45 bits per heavy atom. The highest BCUT2D eigenvalue weighted by molar-refractivity contribution is 6.11. The number of aromatic hydroxyl groups is 1. The molecule has 0 aliphatic rings. The number of phenolic OH excluding ortho intramolecular Hbond substituents is 1. The van der Waals surface area contributed by atoms with E-state index in [1.54, 1.807) is 18.4 Å². The van der Waals surface area contributed by atoms with E-state index in [0.717, 1.165) is 22.1 Å². The molecule has 0 saturated heterocycles. The van der Waals surface area contributed by atoms with Crippen molar-refractivity contribution in [1.82, 2.24) is 0 Å². The Balaban J connectivity index is 2.11. The first-order valence-electron chi connectivity index (χ1n) is 6.51. The van der Waals surface area contributed by atoms with Crippen LogP contribution in [0.2, 0.25) is 0 Å². The van der Waals surface area contributed by atoms with Crippen LogP contribution in [0.1, 0.15) is 0 Å². The van der Waals surface area contributed by atoms with E-state index in [-0.39, 0.29) is 5.75 Å². The Bertz CT molecular complexity index is 902. The Morgan fingerprint density at radius 2 is 1.60 bits per heavy atom. The van der Waals surface area contributed by atoms with Crippen LogP contribution >= 0.6 is 0 Å². The van der Waals surface area contributed by atoms with E-state index in [1.807, 2.05) is 30.3 Å².